The van der Waals surface area contributed by atoms with Crippen molar-refractivity contribution < 1.29 is 18.3 Å². The molecule has 1 aromatic heterocycles. The molecule has 0 saturated heterocycles. The van der Waals surface area contributed by atoms with Gasteiger partial charge < -0.3 is 10.4 Å². The van der Waals surface area contributed by atoms with Crippen molar-refractivity contribution >= 4 is 15.7 Å². The zero-order chi connectivity index (χ0) is 15.5. The predicted octanol–water partition coefficient (Wildman–Crippen LogP) is -0.0756. The lowest BCUT2D eigenvalue weighted by Crippen LogP contribution is -2.49. The van der Waals surface area contributed by atoms with Crippen molar-refractivity contribution in [3.05, 3.63) is 30.1 Å². The summed E-state index contributed by atoms with van der Waals surface area (Å²) in [5.74, 6) is -0.855. The Morgan fingerprint density at radius 1 is 1.48 bits per heavy atom. The molecule has 21 heavy (non-hydrogen) atoms. The van der Waals surface area contributed by atoms with E-state index in [0.717, 1.165) is 11.9 Å². The summed E-state index contributed by atoms with van der Waals surface area (Å²) in [7, 11) is -3.34. The molecule has 1 aliphatic rings. The van der Waals surface area contributed by atoms with Crippen LogP contribution in [0.25, 0.3) is 0 Å². The van der Waals surface area contributed by atoms with E-state index in [1.54, 1.807) is 6.20 Å². The molecule has 1 heterocycles. The van der Waals surface area contributed by atoms with Crippen LogP contribution in [0.2, 0.25) is 0 Å². The fourth-order valence-corrected chi connectivity index (χ4v) is 3.08. The maximum absolute atomic E-state index is 11.8. The number of aliphatic hydroxyl groups is 1. The number of pyridine rings is 1. The van der Waals surface area contributed by atoms with E-state index in [4.69, 9.17) is 0 Å². The molecular formula is C14H20N2O4S. The summed E-state index contributed by atoms with van der Waals surface area (Å²) >= 11 is 0. The average molecular weight is 312 g/mol. The summed E-state index contributed by atoms with van der Waals surface area (Å²) in [6.07, 6.45) is 4.17. The van der Waals surface area contributed by atoms with Crippen LogP contribution in [0.5, 0.6) is 0 Å². The Balaban J connectivity index is 2.01. The van der Waals surface area contributed by atoms with Gasteiger partial charge in [-0.1, -0.05) is 6.07 Å². The molecule has 7 heteroatoms. The Labute approximate surface area is 124 Å². The standard InChI is InChI=1S/C14H20N2O4S/c1-21(19,20)9-14(18)16-13(10-6-12(17)7-10)8-11-4-2-3-5-15-11/h2-5,10,12-13,17H,6-9H2,1H3,(H,16,18)/t10?,12?,13-/m0/s1. The third-order valence-corrected chi connectivity index (χ3v) is 4.40. The maximum Gasteiger partial charge on any atom is 0.235 e. The van der Waals surface area contributed by atoms with Gasteiger partial charge in [0.05, 0.1) is 6.10 Å². The van der Waals surface area contributed by atoms with E-state index in [2.05, 4.69) is 10.3 Å². The van der Waals surface area contributed by atoms with Crippen molar-refractivity contribution in [1.82, 2.24) is 10.3 Å². The molecule has 116 valence electrons. The zero-order valence-corrected chi connectivity index (χ0v) is 12.7. The van der Waals surface area contributed by atoms with E-state index in [1.165, 1.54) is 0 Å². The Kier molecular flexibility index (Phi) is 4.95. The number of carbonyl (C=O) groups excluding carboxylic acids is 1. The average Bonchev–Trinajstić information content (AvgIpc) is 2.33. The lowest BCUT2D eigenvalue weighted by molar-refractivity contribution is -0.120. The Morgan fingerprint density at radius 3 is 2.71 bits per heavy atom. The van der Waals surface area contributed by atoms with Crippen LogP contribution in [0.1, 0.15) is 18.5 Å². The molecule has 0 aromatic carbocycles. The van der Waals surface area contributed by atoms with Gasteiger partial charge in [-0.2, -0.15) is 0 Å². The van der Waals surface area contributed by atoms with Crippen LogP contribution in [-0.2, 0) is 21.1 Å². The molecule has 2 N–H and O–H groups in total. The quantitative estimate of drug-likeness (QED) is 0.766. The Bertz CT molecular complexity index is 582. The summed E-state index contributed by atoms with van der Waals surface area (Å²) in [6, 6.07) is 5.35. The van der Waals surface area contributed by atoms with Gasteiger partial charge in [0.25, 0.3) is 0 Å². The van der Waals surface area contributed by atoms with Crippen LogP contribution >= 0.6 is 0 Å². The van der Waals surface area contributed by atoms with Crippen molar-refractivity contribution in [2.45, 2.75) is 31.4 Å². The van der Waals surface area contributed by atoms with Crippen molar-refractivity contribution in [2.75, 3.05) is 12.0 Å². The van der Waals surface area contributed by atoms with Gasteiger partial charge in [0.1, 0.15) is 5.75 Å². The molecule has 1 fully saturated rings. The Morgan fingerprint density at radius 2 is 2.19 bits per heavy atom. The molecule has 0 bridgehead atoms. The first-order valence-electron chi connectivity index (χ1n) is 6.88. The number of nitrogens with one attached hydrogen (secondary N) is 1. The minimum absolute atomic E-state index is 0.158. The van der Waals surface area contributed by atoms with Crippen LogP contribution in [-0.4, -0.2) is 48.6 Å². The van der Waals surface area contributed by atoms with Gasteiger partial charge in [0.2, 0.25) is 5.91 Å². The summed E-state index contributed by atoms with van der Waals surface area (Å²) in [5, 5.41) is 12.2. The molecule has 1 saturated carbocycles. The van der Waals surface area contributed by atoms with E-state index in [9.17, 15) is 18.3 Å². The van der Waals surface area contributed by atoms with Crippen LogP contribution < -0.4 is 5.32 Å². The van der Waals surface area contributed by atoms with E-state index in [0.29, 0.717) is 19.3 Å². The molecule has 1 aliphatic carbocycles. The summed E-state index contributed by atoms with van der Waals surface area (Å²) in [4.78, 5) is 16.0. The van der Waals surface area contributed by atoms with Crippen LogP contribution in [0, 0.1) is 5.92 Å². The second-order valence-corrected chi connectivity index (χ2v) is 7.79. The molecule has 0 aliphatic heterocycles. The molecular weight excluding hydrogens is 292 g/mol. The highest BCUT2D eigenvalue weighted by molar-refractivity contribution is 7.91. The summed E-state index contributed by atoms with van der Waals surface area (Å²) < 4.78 is 22.3. The maximum atomic E-state index is 11.8. The van der Waals surface area contributed by atoms with Gasteiger partial charge in [-0.3, -0.25) is 9.78 Å². The van der Waals surface area contributed by atoms with Crippen LogP contribution in [0.4, 0.5) is 0 Å². The number of rotatable bonds is 6. The fourth-order valence-electron chi connectivity index (χ4n) is 2.52. The van der Waals surface area contributed by atoms with Gasteiger partial charge in [0, 0.05) is 30.6 Å². The molecule has 0 unspecified atom stereocenters. The van der Waals surface area contributed by atoms with Gasteiger partial charge in [-0.25, -0.2) is 8.42 Å². The number of hydrogen-bond donors (Lipinski definition) is 2. The van der Waals surface area contributed by atoms with E-state index in [-0.39, 0.29) is 18.1 Å². The third-order valence-electron chi connectivity index (χ3n) is 3.61. The monoisotopic (exact) mass is 312 g/mol. The predicted molar refractivity (Wildman–Crippen MR) is 78.3 cm³/mol. The second kappa shape index (κ2) is 6.53. The molecule has 1 atom stereocenters. The van der Waals surface area contributed by atoms with Crippen molar-refractivity contribution in [2.24, 2.45) is 5.92 Å². The van der Waals surface area contributed by atoms with E-state index >= 15 is 0 Å². The van der Waals surface area contributed by atoms with Gasteiger partial charge in [-0.15, -0.1) is 0 Å². The van der Waals surface area contributed by atoms with Gasteiger partial charge in [0.15, 0.2) is 9.84 Å². The SMILES string of the molecule is CS(=O)(=O)CC(=O)N[C@@H](Cc1ccccn1)C1CC(O)C1. The minimum Gasteiger partial charge on any atom is -0.393 e. The first-order valence-corrected chi connectivity index (χ1v) is 8.94. The van der Waals surface area contributed by atoms with Crippen molar-refractivity contribution in [3.63, 3.8) is 0 Å². The minimum atomic E-state index is -3.34. The van der Waals surface area contributed by atoms with Gasteiger partial charge >= 0.3 is 0 Å². The van der Waals surface area contributed by atoms with E-state index in [1.807, 2.05) is 18.2 Å². The number of amides is 1. The number of aromatic nitrogens is 1. The molecule has 0 spiro atoms. The van der Waals surface area contributed by atoms with E-state index < -0.39 is 21.5 Å². The van der Waals surface area contributed by atoms with Gasteiger partial charge in [-0.05, 0) is 30.9 Å². The highest BCUT2D eigenvalue weighted by atomic mass is 32.2. The van der Waals surface area contributed by atoms with Crippen molar-refractivity contribution in [1.29, 1.82) is 0 Å². The second-order valence-electron chi connectivity index (χ2n) is 5.65. The normalized spacial score (nSPS) is 23.1. The Hall–Kier alpha value is -1.47. The lowest BCUT2D eigenvalue weighted by atomic mass is 9.76. The zero-order valence-electron chi connectivity index (χ0n) is 11.9. The number of carbonyl (C=O) groups is 1. The number of hydrogen-bond acceptors (Lipinski definition) is 5. The summed E-state index contributed by atoms with van der Waals surface area (Å²) in [6.45, 7) is 0. The summed E-state index contributed by atoms with van der Waals surface area (Å²) in [5.41, 5.74) is 0.837. The largest absolute Gasteiger partial charge is 0.393 e. The van der Waals surface area contributed by atoms with Crippen molar-refractivity contribution in [3.8, 4) is 0 Å². The van der Waals surface area contributed by atoms with Crippen LogP contribution in [0.3, 0.4) is 0 Å². The third kappa shape index (κ3) is 5.09. The highest BCUT2D eigenvalue weighted by Gasteiger charge is 2.35. The lowest BCUT2D eigenvalue weighted by Gasteiger charge is -2.38. The first-order chi connectivity index (χ1) is 9.83. The molecule has 6 nitrogen and oxygen atoms in total. The molecule has 1 amide bonds. The number of aliphatic hydroxyl groups excluding tert-OH is 1. The molecule has 0 radical (unpaired) electrons. The topological polar surface area (TPSA) is 96.4 Å². The smallest absolute Gasteiger partial charge is 0.235 e. The molecule has 1 aromatic rings. The molecule has 2 rings (SSSR count). The fraction of sp³-hybridized carbons (Fsp3) is 0.571. The van der Waals surface area contributed by atoms with Crippen LogP contribution in [0.15, 0.2) is 24.4 Å². The number of sulfone groups is 1. The first kappa shape index (κ1) is 15.9. The number of nitrogens with zero attached hydrogens (tertiary/aromatic N) is 1. The highest BCUT2D eigenvalue weighted by Crippen LogP contribution is 2.31.